The van der Waals surface area contributed by atoms with Crippen LogP contribution in [0.3, 0.4) is 0 Å². The molecule has 1 N–H and O–H groups in total. The molecule has 0 aliphatic carbocycles. The van der Waals surface area contributed by atoms with Gasteiger partial charge in [0.1, 0.15) is 0 Å². The molecule has 1 unspecified atom stereocenters. The lowest BCUT2D eigenvalue weighted by molar-refractivity contribution is -0.149. The summed E-state index contributed by atoms with van der Waals surface area (Å²) < 4.78 is 13.9. The first-order valence-electron chi connectivity index (χ1n) is 5.82. The number of amides is 1. The zero-order valence-corrected chi connectivity index (χ0v) is 11.1. The average molecular weight is 286 g/mol. The largest absolute Gasteiger partial charge is 0.479 e. The smallest absolute Gasteiger partial charge is 0.343 e. The van der Waals surface area contributed by atoms with E-state index in [-0.39, 0.29) is 18.5 Å². The van der Waals surface area contributed by atoms with Crippen LogP contribution < -0.4 is 0 Å². The lowest BCUT2D eigenvalue weighted by atomic mass is 10.1. The van der Waals surface area contributed by atoms with Crippen LogP contribution in [0.1, 0.15) is 22.3 Å². The number of aliphatic carboxylic acids is 1. The van der Waals surface area contributed by atoms with E-state index in [9.17, 15) is 14.0 Å². The molecule has 0 bridgehead atoms. The number of aryl methyl sites for hydroxylation is 1. The van der Waals surface area contributed by atoms with Gasteiger partial charge in [-0.25, -0.2) is 9.18 Å². The molecular weight excluding hydrogens is 273 g/mol. The van der Waals surface area contributed by atoms with Gasteiger partial charge in [0.25, 0.3) is 5.91 Å². The third kappa shape index (κ3) is 2.42. The number of nitrogens with zero attached hydrogens (tertiary/aromatic N) is 1. The standard InChI is InChI=1S/C13H13ClFNO3/c1-8-3-2-4-9(10(8)14)11(17)16-6-5-13(15,7-16)12(18)19/h2-4H,5-7H2,1H3,(H,18,19). The van der Waals surface area contributed by atoms with E-state index < -0.39 is 24.1 Å². The number of carbonyl (C=O) groups excluding carboxylic acids is 1. The van der Waals surface area contributed by atoms with E-state index in [1.165, 1.54) is 4.90 Å². The zero-order valence-electron chi connectivity index (χ0n) is 10.3. The highest BCUT2D eigenvalue weighted by Crippen LogP contribution is 2.29. The monoisotopic (exact) mass is 285 g/mol. The van der Waals surface area contributed by atoms with Crippen molar-refractivity contribution in [3.05, 3.63) is 34.3 Å². The number of hydrogen-bond donors (Lipinski definition) is 1. The van der Waals surface area contributed by atoms with Crippen molar-refractivity contribution in [3.8, 4) is 0 Å². The molecule has 1 saturated heterocycles. The summed E-state index contributed by atoms with van der Waals surface area (Å²) in [5.74, 6) is -1.97. The number of alkyl halides is 1. The van der Waals surface area contributed by atoms with Gasteiger partial charge in [-0.15, -0.1) is 0 Å². The summed E-state index contributed by atoms with van der Waals surface area (Å²) in [7, 11) is 0. The molecule has 1 aliphatic rings. The normalized spacial score (nSPS) is 22.6. The first kappa shape index (κ1) is 13.8. The van der Waals surface area contributed by atoms with Crippen LogP contribution in [0.2, 0.25) is 5.02 Å². The quantitative estimate of drug-likeness (QED) is 0.907. The highest BCUT2D eigenvalue weighted by Gasteiger charge is 2.47. The maximum absolute atomic E-state index is 13.9. The van der Waals surface area contributed by atoms with E-state index in [4.69, 9.17) is 16.7 Å². The molecule has 102 valence electrons. The number of likely N-dealkylation sites (tertiary alicyclic amines) is 1. The fraction of sp³-hybridized carbons (Fsp3) is 0.385. The van der Waals surface area contributed by atoms with Gasteiger partial charge in [0, 0.05) is 13.0 Å². The van der Waals surface area contributed by atoms with Gasteiger partial charge in [-0.3, -0.25) is 4.79 Å². The summed E-state index contributed by atoms with van der Waals surface area (Å²) in [6.45, 7) is 1.40. The average Bonchev–Trinajstić information content (AvgIpc) is 2.76. The number of carboxylic acid groups (broad SMARTS) is 1. The molecular formula is C13H13ClFNO3. The number of halogens is 2. The Hall–Kier alpha value is -1.62. The van der Waals surface area contributed by atoms with Crippen LogP contribution in [-0.2, 0) is 4.79 Å². The highest BCUT2D eigenvalue weighted by atomic mass is 35.5. The summed E-state index contributed by atoms with van der Waals surface area (Å²) in [6, 6.07) is 5.00. The molecule has 1 heterocycles. The first-order valence-corrected chi connectivity index (χ1v) is 6.19. The molecule has 1 aliphatic heterocycles. The van der Waals surface area contributed by atoms with E-state index in [1.807, 2.05) is 0 Å². The molecule has 6 heteroatoms. The van der Waals surface area contributed by atoms with E-state index in [0.29, 0.717) is 5.02 Å². The van der Waals surface area contributed by atoms with Crippen LogP contribution >= 0.6 is 11.6 Å². The number of hydrogen-bond acceptors (Lipinski definition) is 2. The Kier molecular flexibility index (Phi) is 3.49. The Morgan fingerprint density at radius 3 is 2.74 bits per heavy atom. The van der Waals surface area contributed by atoms with Crippen molar-refractivity contribution in [1.82, 2.24) is 4.90 Å². The Bertz CT molecular complexity index is 549. The second kappa shape index (κ2) is 4.81. The number of benzene rings is 1. The maximum atomic E-state index is 13.9. The lowest BCUT2D eigenvalue weighted by Crippen LogP contribution is -2.39. The SMILES string of the molecule is Cc1cccc(C(=O)N2CCC(F)(C(=O)O)C2)c1Cl. The Morgan fingerprint density at radius 2 is 2.16 bits per heavy atom. The summed E-state index contributed by atoms with van der Waals surface area (Å²) >= 11 is 6.04. The Labute approximate surface area is 114 Å². The van der Waals surface area contributed by atoms with Gasteiger partial charge in [-0.1, -0.05) is 23.7 Å². The predicted octanol–water partition coefficient (Wildman–Crippen LogP) is 2.29. The van der Waals surface area contributed by atoms with E-state index >= 15 is 0 Å². The van der Waals surface area contributed by atoms with Crippen molar-refractivity contribution in [2.75, 3.05) is 13.1 Å². The van der Waals surface area contributed by atoms with Gasteiger partial charge < -0.3 is 10.0 Å². The number of carbonyl (C=O) groups is 2. The molecule has 1 fully saturated rings. The molecule has 4 nitrogen and oxygen atoms in total. The maximum Gasteiger partial charge on any atom is 0.343 e. The molecule has 0 radical (unpaired) electrons. The minimum absolute atomic E-state index is 0.0753. The number of carboxylic acids is 1. The lowest BCUT2D eigenvalue weighted by Gasteiger charge is -2.18. The second-order valence-corrected chi connectivity index (χ2v) is 5.06. The van der Waals surface area contributed by atoms with Gasteiger partial charge in [0.2, 0.25) is 5.67 Å². The Morgan fingerprint density at radius 1 is 1.47 bits per heavy atom. The van der Waals surface area contributed by atoms with E-state index in [1.54, 1.807) is 25.1 Å². The van der Waals surface area contributed by atoms with Crippen molar-refractivity contribution in [1.29, 1.82) is 0 Å². The molecule has 1 aromatic rings. The first-order chi connectivity index (χ1) is 8.85. The summed E-state index contributed by atoms with van der Waals surface area (Å²) in [4.78, 5) is 24.2. The molecule has 1 aromatic carbocycles. The highest BCUT2D eigenvalue weighted by molar-refractivity contribution is 6.34. The minimum atomic E-state index is -2.36. The van der Waals surface area contributed by atoms with Crippen molar-refractivity contribution in [3.63, 3.8) is 0 Å². The van der Waals surface area contributed by atoms with Crippen LogP contribution in [-0.4, -0.2) is 40.6 Å². The molecule has 0 aromatic heterocycles. The van der Waals surface area contributed by atoms with Crippen LogP contribution in [0.4, 0.5) is 4.39 Å². The Balaban J connectivity index is 2.23. The van der Waals surface area contributed by atoms with Gasteiger partial charge in [0.05, 0.1) is 17.1 Å². The third-order valence-corrected chi connectivity index (χ3v) is 3.81. The van der Waals surface area contributed by atoms with Gasteiger partial charge >= 0.3 is 5.97 Å². The van der Waals surface area contributed by atoms with Crippen LogP contribution in [0.5, 0.6) is 0 Å². The van der Waals surface area contributed by atoms with Crippen LogP contribution in [0, 0.1) is 6.92 Å². The number of rotatable bonds is 2. The molecule has 1 amide bonds. The zero-order chi connectivity index (χ0) is 14.2. The van der Waals surface area contributed by atoms with Crippen molar-refractivity contribution in [2.24, 2.45) is 0 Å². The summed E-state index contributed by atoms with van der Waals surface area (Å²) in [5, 5.41) is 9.12. The topological polar surface area (TPSA) is 57.6 Å². The van der Waals surface area contributed by atoms with Crippen LogP contribution in [0.15, 0.2) is 18.2 Å². The van der Waals surface area contributed by atoms with Gasteiger partial charge in [0.15, 0.2) is 0 Å². The fourth-order valence-corrected chi connectivity index (χ4v) is 2.31. The molecule has 2 rings (SSSR count). The van der Waals surface area contributed by atoms with Crippen molar-refractivity contribution < 1.29 is 19.1 Å². The van der Waals surface area contributed by atoms with Gasteiger partial charge in [-0.05, 0) is 18.6 Å². The summed E-state index contributed by atoms with van der Waals surface area (Å²) in [5.41, 5.74) is -1.33. The molecule has 19 heavy (non-hydrogen) atoms. The molecule has 1 atom stereocenters. The fourth-order valence-electron chi connectivity index (χ4n) is 2.10. The predicted molar refractivity (Wildman–Crippen MR) is 68.2 cm³/mol. The second-order valence-electron chi connectivity index (χ2n) is 4.68. The van der Waals surface area contributed by atoms with E-state index in [2.05, 4.69) is 0 Å². The van der Waals surface area contributed by atoms with Crippen molar-refractivity contribution >= 4 is 23.5 Å². The van der Waals surface area contributed by atoms with E-state index in [0.717, 1.165) is 5.56 Å². The summed E-state index contributed by atoms with van der Waals surface area (Å²) in [6.07, 6.45) is -0.197. The van der Waals surface area contributed by atoms with Crippen LogP contribution in [0.25, 0.3) is 0 Å². The van der Waals surface area contributed by atoms with Crippen molar-refractivity contribution in [2.45, 2.75) is 19.0 Å². The third-order valence-electron chi connectivity index (χ3n) is 3.31. The molecule has 0 spiro atoms. The van der Waals surface area contributed by atoms with Gasteiger partial charge in [-0.2, -0.15) is 0 Å². The minimum Gasteiger partial charge on any atom is -0.479 e. The molecule has 0 saturated carbocycles.